The van der Waals surface area contributed by atoms with Gasteiger partial charge in [0.25, 0.3) is 11.8 Å². The minimum atomic E-state index is -0.310. The fourth-order valence-corrected chi connectivity index (χ4v) is 3.69. The topological polar surface area (TPSA) is 88.2 Å². The molecular weight excluding hydrogens is 388 g/mol. The number of imide groups is 1. The lowest BCUT2D eigenvalue weighted by Crippen LogP contribution is -2.29. The van der Waals surface area contributed by atoms with Crippen LogP contribution in [0.25, 0.3) is 11.4 Å². The predicted molar refractivity (Wildman–Crippen MR) is 101 cm³/mol. The number of fused-ring (bicyclic) bond motifs is 1. The van der Waals surface area contributed by atoms with Crippen LogP contribution in [-0.2, 0) is 0 Å². The zero-order valence-corrected chi connectivity index (χ0v) is 15.7. The summed E-state index contributed by atoms with van der Waals surface area (Å²) >= 11 is 7.24. The Morgan fingerprint density at radius 2 is 1.81 bits per heavy atom. The number of nitrogens with one attached hydrogen (secondary N) is 1. The van der Waals surface area contributed by atoms with Crippen LogP contribution < -0.4 is 4.74 Å². The molecule has 3 aromatic rings. The van der Waals surface area contributed by atoms with Gasteiger partial charge >= 0.3 is 0 Å². The zero-order valence-electron chi connectivity index (χ0n) is 14.1. The third-order valence-corrected chi connectivity index (χ3v) is 5.15. The molecule has 0 spiro atoms. The van der Waals surface area contributed by atoms with Crippen LogP contribution in [0.4, 0.5) is 0 Å². The highest BCUT2D eigenvalue weighted by Crippen LogP contribution is 2.32. The smallest absolute Gasteiger partial charge is 0.262 e. The number of amides is 2. The molecule has 136 valence electrons. The van der Waals surface area contributed by atoms with E-state index in [0.29, 0.717) is 38.4 Å². The molecule has 2 aromatic carbocycles. The van der Waals surface area contributed by atoms with E-state index in [1.54, 1.807) is 49.6 Å². The predicted octanol–water partition coefficient (Wildman–Crippen LogP) is 3.48. The van der Waals surface area contributed by atoms with Gasteiger partial charge in [0, 0.05) is 5.02 Å². The summed E-state index contributed by atoms with van der Waals surface area (Å²) in [6, 6.07) is 12.0. The molecule has 1 N–H and O–H groups in total. The second kappa shape index (κ2) is 7.05. The first-order chi connectivity index (χ1) is 13.1. The first-order valence-electron chi connectivity index (χ1n) is 7.93. The SMILES string of the molecule is COc1ccc(Cl)cc1-c1nc(SCN2C(=O)c3ccccc3C2=O)n[nH]1. The van der Waals surface area contributed by atoms with Crippen LogP contribution in [0.5, 0.6) is 5.75 Å². The summed E-state index contributed by atoms with van der Waals surface area (Å²) in [6.07, 6.45) is 0. The minimum absolute atomic E-state index is 0.121. The quantitative estimate of drug-likeness (QED) is 0.521. The summed E-state index contributed by atoms with van der Waals surface area (Å²) in [6.45, 7) is 0. The number of benzene rings is 2. The van der Waals surface area contributed by atoms with Crippen LogP contribution in [0.3, 0.4) is 0 Å². The lowest BCUT2D eigenvalue weighted by molar-refractivity contribution is 0.0684. The van der Waals surface area contributed by atoms with Gasteiger partial charge in [0.15, 0.2) is 5.82 Å². The van der Waals surface area contributed by atoms with Crippen molar-refractivity contribution in [1.82, 2.24) is 20.1 Å². The van der Waals surface area contributed by atoms with E-state index >= 15 is 0 Å². The van der Waals surface area contributed by atoms with Gasteiger partial charge in [-0.2, -0.15) is 0 Å². The Morgan fingerprint density at radius 1 is 1.11 bits per heavy atom. The Labute approximate surface area is 163 Å². The molecule has 4 rings (SSSR count). The molecule has 27 heavy (non-hydrogen) atoms. The lowest BCUT2D eigenvalue weighted by atomic mass is 10.1. The summed E-state index contributed by atoms with van der Waals surface area (Å²) in [4.78, 5) is 30.4. The van der Waals surface area contributed by atoms with E-state index in [-0.39, 0.29) is 17.7 Å². The van der Waals surface area contributed by atoms with Crippen molar-refractivity contribution >= 4 is 35.2 Å². The Kier molecular flexibility index (Phi) is 4.59. The average molecular weight is 401 g/mol. The Hall–Kier alpha value is -2.84. The number of aromatic nitrogens is 3. The number of aromatic amines is 1. The minimum Gasteiger partial charge on any atom is -0.496 e. The number of ether oxygens (including phenoxy) is 1. The van der Waals surface area contributed by atoms with Crippen molar-refractivity contribution in [3.8, 4) is 17.1 Å². The van der Waals surface area contributed by atoms with Gasteiger partial charge in [-0.05, 0) is 30.3 Å². The molecule has 9 heteroatoms. The highest BCUT2D eigenvalue weighted by Gasteiger charge is 2.35. The van der Waals surface area contributed by atoms with E-state index < -0.39 is 0 Å². The Balaban J connectivity index is 1.51. The molecule has 0 atom stereocenters. The van der Waals surface area contributed by atoms with Gasteiger partial charge in [-0.3, -0.25) is 19.6 Å². The fourth-order valence-electron chi connectivity index (χ4n) is 2.78. The van der Waals surface area contributed by atoms with Crippen molar-refractivity contribution < 1.29 is 14.3 Å². The first-order valence-corrected chi connectivity index (χ1v) is 9.29. The summed E-state index contributed by atoms with van der Waals surface area (Å²) in [5.74, 6) is 0.591. The number of carbonyl (C=O) groups is 2. The monoisotopic (exact) mass is 400 g/mol. The normalized spacial score (nSPS) is 13.2. The van der Waals surface area contributed by atoms with Crippen LogP contribution in [0, 0.1) is 0 Å². The molecule has 0 unspecified atom stereocenters. The second-order valence-corrected chi connectivity index (χ2v) is 7.02. The maximum absolute atomic E-state index is 12.4. The van der Waals surface area contributed by atoms with Gasteiger partial charge in [-0.25, -0.2) is 4.98 Å². The molecule has 0 bridgehead atoms. The van der Waals surface area contributed by atoms with E-state index in [1.807, 2.05) is 0 Å². The molecule has 2 heterocycles. The highest BCUT2D eigenvalue weighted by molar-refractivity contribution is 7.99. The van der Waals surface area contributed by atoms with E-state index in [2.05, 4.69) is 15.2 Å². The number of H-pyrrole nitrogens is 1. The fraction of sp³-hybridized carbons (Fsp3) is 0.111. The third-order valence-electron chi connectivity index (χ3n) is 4.08. The van der Waals surface area contributed by atoms with Crippen LogP contribution in [0.1, 0.15) is 20.7 Å². The summed E-state index contributed by atoms with van der Waals surface area (Å²) in [5.41, 5.74) is 1.51. The number of rotatable bonds is 5. The van der Waals surface area contributed by atoms with E-state index in [9.17, 15) is 9.59 Å². The molecule has 1 aliphatic heterocycles. The summed E-state index contributed by atoms with van der Waals surface area (Å²) in [7, 11) is 1.56. The molecule has 1 aliphatic rings. The van der Waals surface area contributed by atoms with Crippen molar-refractivity contribution in [3.63, 3.8) is 0 Å². The van der Waals surface area contributed by atoms with Crippen molar-refractivity contribution in [1.29, 1.82) is 0 Å². The van der Waals surface area contributed by atoms with E-state index in [1.165, 1.54) is 16.7 Å². The van der Waals surface area contributed by atoms with Crippen LogP contribution in [0.2, 0.25) is 5.02 Å². The largest absolute Gasteiger partial charge is 0.496 e. The van der Waals surface area contributed by atoms with Gasteiger partial charge in [0.2, 0.25) is 5.16 Å². The highest BCUT2D eigenvalue weighted by atomic mass is 35.5. The maximum atomic E-state index is 12.4. The molecule has 0 aliphatic carbocycles. The summed E-state index contributed by atoms with van der Waals surface area (Å²) < 4.78 is 5.32. The summed E-state index contributed by atoms with van der Waals surface area (Å²) in [5, 5.41) is 7.92. The molecule has 0 saturated carbocycles. The van der Waals surface area contributed by atoms with Crippen molar-refractivity contribution in [2.75, 3.05) is 13.0 Å². The number of hydrogen-bond donors (Lipinski definition) is 1. The van der Waals surface area contributed by atoms with Gasteiger partial charge in [0.1, 0.15) is 5.75 Å². The molecule has 0 radical (unpaired) electrons. The van der Waals surface area contributed by atoms with Crippen molar-refractivity contribution in [2.45, 2.75) is 5.16 Å². The van der Waals surface area contributed by atoms with Crippen molar-refractivity contribution in [2.24, 2.45) is 0 Å². The van der Waals surface area contributed by atoms with Gasteiger partial charge in [-0.15, -0.1) is 5.10 Å². The molecular formula is C18H13ClN4O3S. The lowest BCUT2D eigenvalue weighted by Gasteiger charge is -2.11. The molecule has 2 amide bonds. The van der Waals surface area contributed by atoms with Crippen LogP contribution >= 0.6 is 23.4 Å². The number of halogens is 1. The molecule has 1 aromatic heterocycles. The standard InChI is InChI=1S/C18H13ClN4O3S/c1-26-14-7-6-10(19)8-13(14)15-20-18(22-21-15)27-9-23-16(24)11-4-2-3-5-12(11)17(23)25/h2-8H,9H2,1H3,(H,20,21,22). The number of methoxy groups -OCH3 is 1. The Morgan fingerprint density at radius 3 is 2.48 bits per heavy atom. The average Bonchev–Trinajstić information content (AvgIpc) is 3.24. The molecule has 0 saturated heterocycles. The van der Waals surface area contributed by atoms with Crippen LogP contribution in [-0.4, -0.2) is 44.9 Å². The van der Waals surface area contributed by atoms with Gasteiger partial charge in [-0.1, -0.05) is 35.5 Å². The van der Waals surface area contributed by atoms with E-state index in [0.717, 1.165) is 0 Å². The number of thioether (sulfide) groups is 1. The van der Waals surface area contributed by atoms with Crippen molar-refractivity contribution in [3.05, 3.63) is 58.6 Å². The number of hydrogen-bond acceptors (Lipinski definition) is 6. The second-order valence-electron chi connectivity index (χ2n) is 5.67. The maximum Gasteiger partial charge on any atom is 0.262 e. The van der Waals surface area contributed by atoms with E-state index in [4.69, 9.17) is 16.3 Å². The first kappa shape index (κ1) is 17.6. The molecule has 7 nitrogen and oxygen atoms in total. The Bertz CT molecular complexity index is 1020. The molecule has 0 fully saturated rings. The number of nitrogens with zero attached hydrogens (tertiary/aromatic N) is 3. The third kappa shape index (κ3) is 3.17. The van der Waals surface area contributed by atoms with Gasteiger partial charge in [0.05, 0.1) is 29.7 Å². The van der Waals surface area contributed by atoms with Gasteiger partial charge < -0.3 is 4.74 Å². The zero-order chi connectivity index (χ0) is 19.0. The van der Waals surface area contributed by atoms with Crippen LogP contribution in [0.15, 0.2) is 47.6 Å². The number of carbonyl (C=O) groups excluding carboxylic acids is 2.